The van der Waals surface area contributed by atoms with Crippen LogP contribution in [-0.4, -0.2) is 42.4 Å². The molecular weight excluding hydrogens is 390 g/mol. The molecule has 5 nitrogen and oxygen atoms in total. The van der Waals surface area contributed by atoms with E-state index < -0.39 is 5.60 Å². The van der Waals surface area contributed by atoms with Crippen LogP contribution in [-0.2, 0) is 0 Å². The number of rotatable bonds is 2. The number of hydrogen-bond donors (Lipinski definition) is 0. The molecule has 2 heterocycles. The molecule has 2 aromatic rings. The molecule has 0 N–H and O–H groups in total. The largest absolute Gasteiger partial charge is 0.497 e. The second kappa shape index (κ2) is 7.38. The first-order chi connectivity index (χ1) is 13.8. The maximum Gasteiger partial charge on any atom is 0.253 e. The molecule has 1 spiro atoms. The maximum atomic E-state index is 12.9. The highest BCUT2D eigenvalue weighted by Crippen LogP contribution is 2.43. The van der Waals surface area contributed by atoms with Gasteiger partial charge in [0.05, 0.1) is 19.1 Å². The van der Waals surface area contributed by atoms with Crippen molar-refractivity contribution in [3.8, 4) is 11.5 Å². The molecule has 0 aliphatic carbocycles. The molecule has 0 unspecified atom stereocenters. The molecular formula is C23H24ClNO4. The normalized spacial score (nSPS) is 17.7. The Morgan fingerprint density at radius 1 is 1.21 bits per heavy atom. The molecule has 2 aliphatic heterocycles. The van der Waals surface area contributed by atoms with E-state index in [2.05, 4.69) is 0 Å². The van der Waals surface area contributed by atoms with Crippen LogP contribution in [0.1, 0.15) is 51.1 Å². The Kier molecular flexibility index (Phi) is 5.03. The van der Waals surface area contributed by atoms with Crippen molar-refractivity contribution in [1.29, 1.82) is 0 Å². The van der Waals surface area contributed by atoms with Crippen molar-refractivity contribution in [2.24, 2.45) is 0 Å². The summed E-state index contributed by atoms with van der Waals surface area (Å²) in [7, 11) is 1.58. The van der Waals surface area contributed by atoms with Crippen molar-refractivity contribution in [2.75, 3.05) is 20.2 Å². The van der Waals surface area contributed by atoms with E-state index >= 15 is 0 Å². The zero-order chi connectivity index (χ0) is 20.8. The monoisotopic (exact) mass is 413 g/mol. The quantitative estimate of drug-likeness (QED) is 0.721. The number of carbonyl (C=O) groups is 2. The van der Waals surface area contributed by atoms with E-state index in [9.17, 15) is 9.59 Å². The van der Waals surface area contributed by atoms with Gasteiger partial charge in [-0.25, -0.2) is 0 Å². The number of benzene rings is 2. The van der Waals surface area contributed by atoms with E-state index in [0.717, 1.165) is 11.1 Å². The van der Waals surface area contributed by atoms with E-state index in [4.69, 9.17) is 21.1 Å². The van der Waals surface area contributed by atoms with Gasteiger partial charge in [-0.3, -0.25) is 9.59 Å². The summed E-state index contributed by atoms with van der Waals surface area (Å²) in [5, 5.41) is 0.621. The number of halogens is 1. The van der Waals surface area contributed by atoms with Gasteiger partial charge in [0.15, 0.2) is 5.78 Å². The number of piperidine rings is 1. The zero-order valence-corrected chi connectivity index (χ0v) is 17.6. The number of ether oxygens (including phenoxy) is 2. The molecule has 6 heteroatoms. The molecule has 2 aliphatic rings. The Bertz CT molecular complexity index is 993. The number of ketones is 1. The maximum absolute atomic E-state index is 12.9. The van der Waals surface area contributed by atoms with Crippen molar-refractivity contribution in [2.45, 2.75) is 38.7 Å². The van der Waals surface area contributed by atoms with E-state index in [0.29, 0.717) is 60.0 Å². The lowest BCUT2D eigenvalue weighted by Crippen LogP contribution is -2.52. The van der Waals surface area contributed by atoms with Crippen molar-refractivity contribution in [3.05, 3.63) is 57.6 Å². The van der Waals surface area contributed by atoms with Gasteiger partial charge in [0.1, 0.15) is 17.1 Å². The highest BCUT2D eigenvalue weighted by atomic mass is 35.5. The SMILES string of the molecule is COc1cccc(C(=O)N2CCC3(CC2)CC(=O)c2c(cc(C)c(Cl)c2C)O3)c1. The van der Waals surface area contributed by atoms with Crippen molar-refractivity contribution in [1.82, 2.24) is 4.90 Å². The fourth-order valence-corrected chi connectivity index (χ4v) is 4.48. The predicted octanol–water partition coefficient (Wildman–Crippen LogP) is 4.61. The summed E-state index contributed by atoms with van der Waals surface area (Å²) >= 11 is 6.33. The van der Waals surface area contributed by atoms with Crippen LogP contribution in [0.3, 0.4) is 0 Å². The van der Waals surface area contributed by atoms with Gasteiger partial charge in [-0.05, 0) is 49.2 Å². The molecule has 0 aromatic heterocycles. The van der Waals surface area contributed by atoms with Gasteiger partial charge < -0.3 is 14.4 Å². The number of carbonyl (C=O) groups excluding carboxylic acids is 2. The summed E-state index contributed by atoms with van der Waals surface area (Å²) in [4.78, 5) is 27.6. The van der Waals surface area contributed by atoms with Gasteiger partial charge in [0, 0.05) is 36.5 Å². The Morgan fingerprint density at radius 3 is 2.62 bits per heavy atom. The molecule has 0 atom stereocenters. The molecule has 2 aromatic carbocycles. The van der Waals surface area contributed by atoms with Crippen LogP contribution in [0.2, 0.25) is 5.02 Å². The van der Waals surface area contributed by atoms with Crippen LogP contribution in [0.4, 0.5) is 0 Å². The number of aryl methyl sites for hydroxylation is 1. The van der Waals surface area contributed by atoms with Crippen LogP contribution < -0.4 is 9.47 Å². The molecule has 152 valence electrons. The third-order valence-corrected chi connectivity index (χ3v) is 6.59. The summed E-state index contributed by atoms with van der Waals surface area (Å²) in [5.74, 6) is 1.32. The molecule has 1 saturated heterocycles. The molecule has 0 bridgehead atoms. The van der Waals surface area contributed by atoms with Crippen LogP contribution in [0.5, 0.6) is 11.5 Å². The van der Waals surface area contributed by atoms with Gasteiger partial charge >= 0.3 is 0 Å². The van der Waals surface area contributed by atoms with Crippen LogP contribution in [0, 0.1) is 13.8 Å². The summed E-state index contributed by atoms with van der Waals surface area (Å²) in [6, 6.07) is 9.03. The lowest BCUT2D eigenvalue weighted by atomic mass is 9.81. The van der Waals surface area contributed by atoms with Gasteiger partial charge in [0.2, 0.25) is 0 Å². The van der Waals surface area contributed by atoms with E-state index in [1.807, 2.05) is 36.9 Å². The third kappa shape index (κ3) is 3.48. The van der Waals surface area contributed by atoms with E-state index in [1.54, 1.807) is 19.2 Å². The zero-order valence-electron chi connectivity index (χ0n) is 16.9. The van der Waals surface area contributed by atoms with Gasteiger partial charge in [0.25, 0.3) is 5.91 Å². The minimum Gasteiger partial charge on any atom is -0.497 e. The van der Waals surface area contributed by atoms with Gasteiger partial charge in [-0.2, -0.15) is 0 Å². The molecule has 0 saturated carbocycles. The average molecular weight is 414 g/mol. The fraction of sp³-hybridized carbons (Fsp3) is 0.391. The molecule has 29 heavy (non-hydrogen) atoms. The predicted molar refractivity (Wildman–Crippen MR) is 111 cm³/mol. The van der Waals surface area contributed by atoms with Crippen LogP contribution >= 0.6 is 11.6 Å². The average Bonchev–Trinajstić information content (AvgIpc) is 2.71. The summed E-state index contributed by atoms with van der Waals surface area (Å²) in [5.41, 5.74) is 2.33. The molecule has 0 radical (unpaired) electrons. The number of fused-ring (bicyclic) bond motifs is 1. The second-order valence-corrected chi connectivity index (χ2v) is 8.29. The highest BCUT2D eigenvalue weighted by molar-refractivity contribution is 6.32. The Morgan fingerprint density at radius 2 is 1.93 bits per heavy atom. The number of methoxy groups -OCH3 is 1. The number of likely N-dealkylation sites (tertiary alicyclic amines) is 1. The molecule has 1 fully saturated rings. The molecule has 4 rings (SSSR count). The number of hydrogen-bond acceptors (Lipinski definition) is 4. The number of amides is 1. The van der Waals surface area contributed by atoms with Crippen molar-refractivity contribution >= 4 is 23.3 Å². The summed E-state index contributed by atoms with van der Waals surface area (Å²) in [6.45, 7) is 4.87. The highest BCUT2D eigenvalue weighted by Gasteiger charge is 2.44. The van der Waals surface area contributed by atoms with Gasteiger partial charge in [-0.1, -0.05) is 17.7 Å². The topological polar surface area (TPSA) is 55.8 Å². The van der Waals surface area contributed by atoms with Gasteiger partial charge in [-0.15, -0.1) is 0 Å². The summed E-state index contributed by atoms with van der Waals surface area (Å²) in [6.07, 6.45) is 1.56. The molecule has 1 amide bonds. The first-order valence-electron chi connectivity index (χ1n) is 9.79. The second-order valence-electron chi connectivity index (χ2n) is 7.91. The van der Waals surface area contributed by atoms with E-state index in [-0.39, 0.29) is 11.7 Å². The third-order valence-electron chi connectivity index (χ3n) is 6.01. The first kappa shape index (κ1) is 19.8. The number of nitrogens with zero attached hydrogens (tertiary/aromatic N) is 1. The van der Waals surface area contributed by atoms with Crippen LogP contribution in [0.25, 0.3) is 0 Å². The lowest BCUT2D eigenvalue weighted by Gasteiger charge is -2.44. The standard InChI is InChI=1S/C23H24ClNO4/c1-14-11-19-20(15(2)21(14)24)18(26)13-23(29-19)7-9-25(10-8-23)22(27)16-5-4-6-17(12-16)28-3/h4-6,11-12H,7-10,13H2,1-3H3. The van der Waals surface area contributed by atoms with Crippen molar-refractivity contribution in [3.63, 3.8) is 0 Å². The minimum absolute atomic E-state index is 0.0280. The Balaban J connectivity index is 1.52. The van der Waals surface area contributed by atoms with Crippen molar-refractivity contribution < 1.29 is 19.1 Å². The summed E-state index contributed by atoms with van der Waals surface area (Å²) < 4.78 is 11.6. The van der Waals surface area contributed by atoms with Crippen LogP contribution in [0.15, 0.2) is 30.3 Å². The lowest BCUT2D eigenvalue weighted by molar-refractivity contribution is -0.00581. The Hall–Kier alpha value is -2.53. The van der Waals surface area contributed by atoms with E-state index in [1.165, 1.54) is 0 Å². The first-order valence-corrected chi connectivity index (χ1v) is 10.2. The fourth-order valence-electron chi connectivity index (χ4n) is 4.33. The minimum atomic E-state index is -0.554. The number of Topliss-reactive ketones (excluding diaryl/α,β-unsaturated/α-hetero) is 1. The smallest absolute Gasteiger partial charge is 0.253 e. The Labute approximate surface area is 175 Å².